The van der Waals surface area contributed by atoms with Crippen LogP contribution in [-0.4, -0.2) is 44.7 Å². The van der Waals surface area contributed by atoms with Gasteiger partial charge in [-0.25, -0.2) is 4.79 Å². The first kappa shape index (κ1) is 12.0. The number of rotatable bonds is 5. The molecule has 0 radical (unpaired) electrons. The minimum atomic E-state index is -1.05. The summed E-state index contributed by atoms with van der Waals surface area (Å²) in [7, 11) is 0. The number of carboxylic acids is 1. The topological polar surface area (TPSA) is 90.7 Å². The molecule has 0 saturated heterocycles. The number of carbonyl (C=O) groups is 1. The Bertz CT molecular complexity index is 345. The second-order valence-electron chi connectivity index (χ2n) is 2.82. The molecule has 1 aromatic rings. The molecule has 0 fully saturated rings. The van der Waals surface area contributed by atoms with E-state index in [1.54, 1.807) is 6.07 Å². The van der Waals surface area contributed by atoms with Crippen LogP contribution >= 0.6 is 11.8 Å². The first-order valence-electron chi connectivity index (χ1n) is 4.24. The highest BCUT2D eigenvalue weighted by Gasteiger charge is 2.11. The number of hydrogen-bond donors (Lipinski definition) is 3. The van der Waals surface area contributed by atoms with Gasteiger partial charge in [0.25, 0.3) is 0 Å². The fourth-order valence-electron chi connectivity index (χ4n) is 0.907. The van der Waals surface area contributed by atoms with Gasteiger partial charge in [0.15, 0.2) is 0 Å². The lowest BCUT2D eigenvalue weighted by molar-refractivity contribution is 0.0692. The van der Waals surface area contributed by atoms with E-state index in [-0.39, 0.29) is 17.9 Å². The third-order valence-corrected chi connectivity index (χ3v) is 2.87. The first-order valence-corrected chi connectivity index (χ1v) is 5.22. The van der Waals surface area contributed by atoms with Gasteiger partial charge in [-0.2, -0.15) is 0 Å². The molecule has 0 aliphatic heterocycles. The lowest BCUT2D eigenvalue weighted by atomic mass is 10.3. The maximum atomic E-state index is 10.8. The van der Waals surface area contributed by atoms with E-state index in [9.17, 15) is 4.79 Å². The third kappa shape index (κ3) is 3.50. The largest absolute Gasteiger partial charge is 0.478 e. The molecule has 0 spiro atoms. The van der Waals surface area contributed by atoms with Gasteiger partial charge in [-0.05, 0) is 6.07 Å². The van der Waals surface area contributed by atoms with Gasteiger partial charge in [-0.1, -0.05) is 0 Å². The van der Waals surface area contributed by atoms with Gasteiger partial charge in [0, 0.05) is 23.0 Å². The number of carboxylic acid groups (broad SMARTS) is 1. The summed E-state index contributed by atoms with van der Waals surface area (Å²) in [5.41, 5.74) is 0.104. The van der Waals surface area contributed by atoms with Crippen LogP contribution in [0.5, 0.6) is 0 Å². The number of aliphatic hydroxyl groups is 2. The highest BCUT2D eigenvalue weighted by molar-refractivity contribution is 7.99. The van der Waals surface area contributed by atoms with Crippen molar-refractivity contribution in [3.05, 3.63) is 24.0 Å². The second-order valence-corrected chi connectivity index (χ2v) is 3.89. The summed E-state index contributed by atoms with van der Waals surface area (Å²) in [6.45, 7) is -0.333. The molecule has 1 atom stereocenters. The lowest BCUT2D eigenvalue weighted by Crippen LogP contribution is -2.15. The van der Waals surface area contributed by atoms with E-state index in [0.717, 1.165) is 0 Å². The molecule has 3 N–H and O–H groups in total. The van der Waals surface area contributed by atoms with Gasteiger partial charge in [-0.15, -0.1) is 11.8 Å². The molecule has 0 bridgehead atoms. The summed E-state index contributed by atoms with van der Waals surface area (Å²) in [6.07, 6.45) is 1.90. The van der Waals surface area contributed by atoms with Crippen molar-refractivity contribution < 1.29 is 20.1 Å². The van der Waals surface area contributed by atoms with Crippen LogP contribution in [0.25, 0.3) is 0 Å². The smallest absolute Gasteiger partial charge is 0.338 e. The Morgan fingerprint density at radius 2 is 2.33 bits per heavy atom. The Kier molecular flexibility index (Phi) is 4.54. The molecule has 82 valence electrons. The Labute approximate surface area is 90.8 Å². The molecule has 0 saturated carbocycles. The fourth-order valence-corrected chi connectivity index (χ4v) is 1.84. The van der Waals surface area contributed by atoms with Crippen LogP contribution in [0.15, 0.2) is 23.4 Å². The van der Waals surface area contributed by atoms with E-state index in [1.165, 1.54) is 24.2 Å². The SMILES string of the molecule is O=C(O)c1cnccc1SCC(O)CO. The maximum Gasteiger partial charge on any atom is 0.338 e. The van der Waals surface area contributed by atoms with Crippen molar-refractivity contribution in [2.75, 3.05) is 12.4 Å². The number of pyridine rings is 1. The summed E-state index contributed by atoms with van der Waals surface area (Å²) < 4.78 is 0. The average molecular weight is 229 g/mol. The highest BCUT2D eigenvalue weighted by atomic mass is 32.2. The molecule has 6 heteroatoms. The average Bonchev–Trinajstić information content (AvgIpc) is 2.26. The van der Waals surface area contributed by atoms with Crippen LogP contribution in [0.3, 0.4) is 0 Å². The van der Waals surface area contributed by atoms with Gasteiger partial charge < -0.3 is 15.3 Å². The molecule has 5 nitrogen and oxygen atoms in total. The van der Waals surface area contributed by atoms with E-state index < -0.39 is 12.1 Å². The molecule has 1 aromatic heterocycles. The Hall–Kier alpha value is -1.11. The van der Waals surface area contributed by atoms with Crippen molar-refractivity contribution in [2.45, 2.75) is 11.0 Å². The predicted octanol–water partition coefficient (Wildman–Crippen LogP) is 0.225. The normalized spacial score (nSPS) is 12.4. The quantitative estimate of drug-likeness (QED) is 0.626. The third-order valence-electron chi connectivity index (χ3n) is 1.65. The predicted molar refractivity (Wildman–Crippen MR) is 55.0 cm³/mol. The van der Waals surface area contributed by atoms with Gasteiger partial charge in [0.1, 0.15) is 0 Å². The lowest BCUT2D eigenvalue weighted by Gasteiger charge is -2.07. The molecular formula is C9H11NO4S. The van der Waals surface area contributed by atoms with E-state index in [1.807, 2.05) is 0 Å². The van der Waals surface area contributed by atoms with Crippen molar-refractivity contribution in [3.63, 3.8) is 0 Å². The van der Waals surface area contributed by atoms with Crippen molar-refractivity contribution >= 4 is 17.7 Å². The summed E-state index contributed by atoms with van der Waals surface area (Å²) in [5, 5.41) is 26.5. The molecule has 0 aliphatic carbocycles. The fraction of sp³-hybridized carbons (Fsp3) is 0.333. The molecule has 1 heterocycles. The molecule has 0 aromatic carbocycles. The number of aromatic nitrogens is 1. The number of hydrogen-bond acceptors (Lipinski definition) is 5. The van der Waals surface area contributed by atoms with E-state index in [2.05, 4.69) is 4.98 Å². The van der Waals surface area contributed by atoms with Crippen molar-refractivity contribution in [1.82, 2.24) is 4.98 Å². The molecule has 0 aliphatic rings. The van der Waals surface area contributed by atoms with Crippen LogP contribution < -0.4 is 0 Å². The van der Waals surface area contributed by atoms with Crippen molar-refractivity contribution in [1.29, 1.82) is 0 Å². The summed E-state index contributed by atoms with van der Waals surface area (Å²) in [6, 6.07) is 1.57. The Morgan fingerprint density at radius 3 is 2.93 bits per heavy atom. The van der Waals surface area contributed by atoms with Crippen LogP contribution in [0, 0.1) is 0 Å². The van der Waals surface area contributed by atoms with E-state index >= 15 is 0 Å². The highest BCUT2D eigenvalue weighted by Crippen LogP contribution is 2.22. The minimum Gasteiger partial charge on any atom is -0.478 e. The summed E-state index contributed by atoms with van der Waals surface area (Å²) in [5.74, 6) is -0.801. The van der Waals surface area contributed by atoms with Crippen LogP contribution in [0.1, 0.15) is 10.4 Å². The first-order chi connectivity index (χ1) is 7.15. The molecule has 1 unspecified atom stereocenters. The number of nitrogens with zero attached hydrogens (tertiary/aromatic N) is 1. The molecule has 15 heavy (non-hydrogen) atoms. The van der Waals surface area contributed by atoms with Crippen molar-refractivity contribution in [3.8, 4) is 0 Å². The number of aliphatic hydroxyl groups excluding tert-OH is 2. The second kappa shape index (κ2) is 5.69. The molecule has 1 rings (SSSR count). The van der Waals surface area contributed by atoms with E-state index in [0.29, 0.717) is 4.90 Å². The molecule has 0 amide bonds. The van der Waals surface area contributed by atoms with Gasteiger partial charge >= 0.3 is 5.97 Å². The van der Waals surface area contributed by atoms with Gasteiger partial charge in [0.2, 0.25) is 0 Å². The van der Waals surface area contributed by atoms with Crippen LogP contribution in [0.4, 0.5) is 0 Å². The Morgan fingerprint density at radius 1 is 1.60 bits per heavy atom. The molecular weight excluding hydrogens is 218 g/mol. The van der Waals surface area contributed by atoms with Gasteiger partial charge in [0.05, 0.1) is 18.3 Å². The van der Waals surface area contributed by atoms with E-state index in [4.69, 9.17) is 15.3 Å². The van der Waals surface area contributed by atoms with Gasteiger partial charge in [-0.3, -0.25) is 4.98 Å². The minimum absolute atomic E-state index is 0.104. The summed E-state index contributed by atoms with van der Waals surface area (Å²) >= 11 is 1.18. The van der Waals surface area contributed by atoms with Crippen molar-refractivity contribution in [2.24, 2.45) is 0 Å². The maximum absolute atomic E-state index is 10.8. The van der Waals surface area contributed by atoms with Crippen LogP contribution in [0.2, 0.25) is 0 Å². The zero-order chi connectivity index (χ0) is 11.3. The number of thioether (sulfide) groups is 1. The number of aromatic carboxylic acids is 1. The van der Waals surface area contributed by atoms with Crippen LogP contribution in [-0.2, 0) is 0 Å². The zero-order valence-electron chi connectivity index (χ0n) is 7.83. The standard InChI is InChI=1S/C9H11NO4S/c11-4-6(12)5-15-8-1-2-10-3-7(8)9(13)14/h1-3,6,11-12H,4-5H2,(H,13,14). The monoisotopic (exact) mass is 229 g/mol. The zero-order valence-corrected chi connectivity index (χ0v) is 8.65. The Balaban J connectivity index is 2.72. The summed E-state index contributed by atoms with van der Waals surface area (Å²) in [4.78, 5) is 15.0.